The predicted molar refractivity (Wildman–Crippen MR) is 136 cm³/mol. The number of aromatic nitrogens is 1. The molecular weight excluding hydrogens is 460 g/mol. The number of pyridine rings is 1. The second kappa shape index (κ2) is 9.83. The second-order valence-corrected chi connectivity index (χ2v) is 8.01. The second-order valence-electron chi connectivity index (χ2n) is 8.01. The van der Waals surface area contributed by atoms with Crippen LogP contribution in [0.5, 0.6) is 23.0 Å². The highest BCUT2D eigenvalue weighted by molar-refractivity contribution is 6.08. The number of nitrogens with one attached hydrogen (secondary N) is 1. The fourth-order valence-electron chi connectivity index (χ4n) is 4.03. The third-order valence-electron chi connectivity index (χ3n) is 5.86. The van der Waals surface area contributed by atoms with E-state index >= 15 is 0 Å². The number of hydrogen-bond acceptors (Lipinski definition) is 6. The molecule has 1 aliphatic rings. The SMILES string of the molecule is COc1cc2nccc(Oc3ccc(NC(=O)N4CCN(c5ccccc5)C4=O)cc3)c2cc1OC. The molecule has 2 heterocycles. The Labute approximate surface area is 207 Å². The molecule has 1 aromatic heterocycles. The number of amides is 4. The van der Waals surface area contributed by atoms with E-state index in [-0.39, 0.29) is 6.03 Å². The largest absolute Gasteiger partial charge is 0.493 e. The molecule has 0 radical (unpaired) electrons. The number of carbonyl (C=O) groups is 2. The first kappa shape index (κ1) is 23.0. The van der Waals surface area contributed by atoms with Gasteiger partial charge >= 0.3 is 12.1 Å². The number of para-hydroxylation sites is 1. The Morgan fingerprint density at radius 2 is 1.61 bits per heavy atom. The molecule has 0 atom stereocenters. The standard InChI is InChI=1S/C27H24N4O5/c1-34-24-16-21-22(17-25(24)35-2)28-13-12-23(21)36-20-10-8-18(9-11-20)29-26(32)31-15-14-30(27(31)33)19-6-4-3-5-7-19/h3-13,16-17H,14-15H2,1-2H3,(H,29,32). The summed E-state index contributed by atoms with van der Waals surface area (Å²) < 4.78 is 16.8. The fourth-order valence-corrected chi connectivity index (χ4v) is 4.03. The third-order valence-corrected chi connectivity index (χ3v) is 5.86. The van der Waals surface area contributed by atoms with Crippen LogP contribution in [0.2, 0.25) is 0 Å². The van der Waals surface area contributed by atoms with Crippen molar-refractivity contribution < 1.29 is 23.8 Å². The lowest BCUT2D eigenvalue weighted by atomic mass is 10.2. The van der Waals surface area contributed by atoms with Crippen molar-refractivity contribution in [2.75, 3.05) is 37.5 Å². The molecule has 3 aromatic carbocycles. The molecule has 9 heteroatoms. The molecule has 0 unspecified atom stereocenters. The first-order valence-corrected chi connectivity index (χ1v) is 11.3. The van der Waals surface area contributed by atoms with Gasteiger partial charge in [-0.15, -0.1) is 0 Å². The van der Waals surface area contributed by atoms with Crippen LogP contribution in [0.1, 0.15) is 0 Å². The minimum Gasteiger partial charge on any atom is -0.493 e. The van der Waals surface area contributed by atoms with Crippen molar-refractivity contribution in [3.63, 3.8) is 0 Å². The van der Waals surface area contributed by atoms with Crippen LogP contribution in [0.15, 0.2) is 79.0 Å². The van der Waals surface area contributed by atoms with E-state index in [1.807, 2.05) is 36.4 Å². The molecule has 1 aliphatic heterocycles. The molecule has 4 amide bonds. The van der Waals surface area contributed by atoms with Gasteiger partial charge in [0.05, 0.1) is 26.3 Å². The van der Waals surface area contributed by atoms with Gasteiger partial charge in [-0.1, -0.05) is 18.2 Å². The van der Waals surface area contributed by atoms with E-state index in [4.69, 9.17) is 14.2 Å². The van der Waals surface area contributed by atoms with Gasteiger partial charge in [0.25, 0.3) is 0 Å². The van der Waals surface area contributed by atoms with Crippen molar-refractivity contribution in [3.05, 3.63) is 79.0 Å². The minimum atomic E-state index is -0.478. The van der Waals surface area contributed by atoms with Gasteiger partial charge in [0.2, 0.25) is 0 Å². The summed E-state index contributed by atoms with van der Waals surface area (Å²) in [6.07, 6.45) is 1.66. The van der Waals surface area contributed by atoms with Crippen LogP contribution in [0, 0.1) is 0 Å². The summed E-state index contributed by atoms with van der Waals surface area (Å²) in [6.45, 7) is 0.754. The van der Waals surface area contributed by atoms with Gasteiger partial charge < -0.3 is 19.5 Å². The highest BCUT2D eigenvalue weighted by Crippen LogP contribution is 2.37. The molecule has 36 heavy (non-hydrogen) atoms. The summed E-state index contributed by atoms with van der Waals surface area (Å²) in [5, 5.41) is 3.54. The van der Waals surface area contributed by atoms with Gasteiger partial charge in [-0.25, -0.2) is 14.5 Å². The lowest BCUT2D eigenvalue weighted by Crippen LogP contribution is -2.39. The number of fused-ring (bicyclic) bond motifs is 1. The number of urea groups is 2. The zero-order chi connectivity index (χ0) is 25.1. The van der Waals surface area contributed by atoms with Crippen molar-refractivity contribution in [2.45, 2.75) is 0 Å². The van der Waals surface area contributed by atoms with E-state index < -0.39 is 6.03 Å². The van der Waals surface area contributed by atoms with Crippen LogP contribution < -0.4 is 24.4 Å². The lowest BCUT2D eigenvalue weighted by Gasteiger charge is -2.18. The Kier molecular flexibility index (Phi) is 6.27. The Morgan fingerprint density at radius 3 is 2.33 bits per heavy atom. The van der Waals surface area contributed by atoms with Crippen molar-refractivity contribution >= 4 is 34.3 Å². The van der Waals surface area contributed by atoms with Gasteiger partial charge in [0, 0.05) is 35.6 Å². The van der Waals surface area contributed by atoms with Crippen molar-refractivity contribution in [2.24, 2.45) is 0 Å². The quantitative estimate of drug-likeness (QED) is 0.387. The van der Waals surface area contributed by atoms with Gasteiger partial charge in [-0.2, -0.15) is 0 Å². The van der Waals surface area contributed by atoms with Gasteiger partial charge in [0.15, 0.2) is 11.5 Å². The normalized spacial score (nSPS) is 13.1. The Balaban J connectivity index is 1.27. The van der Waals surface area contributed by atoms with Crippen molar-refractivity contribution in [1.29, 1.82) is 0 Å². The van der Waals surface area contributed by atoms with Crippen molar-refractivity contribution in [1.82, 2.24) is 9.88 Å². The summed E-state index contributed by atoms with van der Waals surface area (Å²) >= 11 is 0. The average molecular weight is 485 g/mol. The number of methoxy groups -OCH3 is 2. The number of anilines is 2. The Bertz CT molecular complexity index is 1410. The number of hydrogen-bond donors (Lipinski definition) is 1. The smallest absolute Gasteiger partial charge is 0.332 e. The van der Waals surface area contributed by atoms with Gasteiger partial charge in [0.1, 0.15) is 11.5 Å². The van der Waals surface area contributed by atoms with Gasteiger partial charge in [-0.05, 0) is 48.5 Å². The Morgan fingerprint density at radius 1 is 0.889 bits per heavy atom. The molecule has 182 valence electrons. The minimum absolute atomic E-state index is 0.310. The van der Waals surface area contributed by atoms with E-state index in [0.717, 1.165) is 11.1 Å². The number of ether oxygens (including phenoxy) is 3. The maximum Gasteiger partial charge on any atom is 0.332 e. The number of rotatable bonds is 6. The van der Waals surface area contributed by atoms with Crippen LogP contribution in [0.3, 0.4) is 0 Å². The molecular formula is C27H24N4O5. The summed E-state index contributed by atoms with van der Waals surface area (Å²) in [6, 6.07) is 20.7. The van der Waals surface area contributed by atoms with Gasteiger partial charge in [-0.3, -0.25) is 9.88 Å². The molecule has 0 aliphatic carbocycles. The van der Waals surface area contributed by atoms with Crippen molar-refractivity contribution in [3.8, 4) is 23.0 Å². The molecule has 0 saturated carbocycles. The molecule has 1 N–H and O–H groups in total. The van der Waals surface area contributed by atoms with Crippen LogP contribution >= 0.6 is 0 Å². The molecule has 1 fully saturated rings. The zero-order valence-electron chi connectivity index (χ0n) is 19.8. The summed E-state index contributed by atoms with van der Waals surface area (Å²) in [7, 11) is 3.14. The van der Waals surface area contributed by atoms with E-state index in [1.54, 1.807) is 61.7 Å². The fraction of sp³-hybridized carbons (Fsp3) is 0.148. The number of imide groups is 1. The van der Waals surface area contributed by atoms with E-state index in [0.29, 0.717) is 47.3 Å². The van der Waals surface area contributed by atoms with Crippen LogP contribution in [-0.4, -0.2) is 49.3 Å². The molecule has 0 spiro atoms. The number of benzene rings is 3. The Hall–Kier alpha value is -4.79. The van der Waals surface area contributed by atoms with Crippen LogP contribution in [0.25, 0.3) is 10.9 Å². The van der Waals surface area contributed by atoms with Crippen LogP contribution in [-0.2, 0) is 0 Å². The average Bonchev–Trinajstić information content (AvgIpc) is 3.31. The molecule has 4 aromatic rings. The summed E-state index contributed by atoms with van der Waals surface area (Å²) in [4.78, 5) is 32.6. The summed E-state index contributed by atoms with van der Waals surface area (Å²) in [5.41, 5.74) is 2.01. The molecule has 5 rings (SSSR count). The summed E-state index contributed by atoms with van der Waals surface area (Å²) in [5.74, 6) is 2.32. The highest BCUT2D eigenvalue weighted by atomic mass is 16.5. The number of carbonyl (C=O) groups excluding carboxylic acids is 2. The topological polar surface area (TPSA) is 93.2 Å². The maximum atomic E-state index is 12.7. The first-order valence-electron chi connectivity index (χ1n) is 11.3. The zero-order valence-corrected chi connectivity index (χ0v) is 19.8. The van der Waals surface area contributed by atoms with E-state index in [9.17, 15) is 9.59 Å². The molecule has 9 nitrogen and oxygen atoms in total. The monoisotopic (exact) mass is 484 g/mol. The van der Waals surface area contributed by atoms with E-state index in [1.165, 1.54) is 4.90 Å². The number of nitrogens with zero attached hydrogens (tertiary/aromatic N) is 3. The van der Waals surface area contributed by atoms with E-state index in [2.05, 4.69) is 10.3 Å². The molecule has 1 saturated heterocycles. The predicted octanol–water partition coefficient (Wildman–Crippen LogP) is 5.52. The molecule has 0 bridgehead atoms. The van der Waals surface area contributed by atoms with Crippen LogP contribution in [0.4, 0.5) is 21.0 Å². The first-order chi connectivity index (χ1) is 17.6. The lowest BCUT2D eigenvalue weighted by molar-refractivity contribution is 0.209. The highest BCUT2D eigenvalue weighted by Gasteiger charge is 2.34. The third kappa shape index (κ3) is 4.46. The maximum absolute atomic E-state index is 12.7.